The summed E-state index contributed by atoms with van der Waals surface area (Å²) in [4.78, 5) is 4.01. The highest BCUT2D eigenvalue weighted by molar-refractivity contribution is 5.92. The van der Waals surface area contributed by atoms with Gasteiger partial charge in [0.15, 0.2) is 5.96 Å². The molecule has 0 aliphatic carbocycles. The summed E-state index contributed by atoms with van der Waals surface area (Å²) in [5.41, 5.74) is 8.95. The molecule has 88 valence electrons. The number of hydrogen-bond acceptors (Lipinski definition) is 2. The summed E-state index contributed by atoms with van der Waals surface area (Å²) in [6, 6.07) is 6.09. The van der Waals surface area contributed by atoms with Crippen molar-refractivity contribution in [3.63, 3.8) is 0 Å². The van der Waals surface area contributed by atoms with Crippen molar-refractivity contribution in [2.24, 2.45) is 10.7 Å². The van der Waals surface area contributed by atoms with Gasteiger partial charge in [-0.3, -0.25) is 4.99 Å². The van der Waals surface area contributed by atoms with Crippen LogP contribution in [0, 0.1) is 13.8 Å². The van der Waals surface area contributed by atoms with Gasteiger partial charge in [-0.15, -0.1) is 0 Å². The Morgan fingerprint density at radius 2 is 1.94 bits per heavy atom. The average Bonchev–Trinajstić information content (AvgIpc) is 2.12. The van der Waals surface area contributed by atoms with E-state index in [-0.39, 0.29) is 0 Å². The lowest BCUT2D eigenvalue weighted by atomic mass is 10.1. The van der Waals surface area contributed by atoms with Gasteiger partial charge in [-0.05, 0) is 44.0 Å². The molecule has 0 aliphatic rings. The standard InChI is InChI=1S/C12H19N3O/c1-8-4-9(2)6-11(5-8)15-12(13)14-7-10(3)16/h4-6,10,16H,7H2,1-3H3,(H3,13,14,15). The molecule has 0 spiro atoms. The summed E-state index contributed by atoms with van der Waals surface area (Å²) < 4.78 is 0. The van der Waals surface area contributed by atoms with Crippen LogP contribution in [0.3, 0.4) is 0 Å². The third-order valence-electron chi connectivity index (χ3n) is 2.02. The summed E-state index contributed by atoms with van der Waals surface area (Å²) in [5, 5.41) is 12.1. The lowest BCUT2D eigenvalue weighted by Gasteiger charge is -2.08. The molecular weight excluding hydrogens is 202 g/mol. The number of rotatable bonds is 3. The quantitative estimate of drug-likeness (QED) is 0.534. The summed E-state index contributed by atoms with van der Waals surface area (Å²) in [6.07, 6.45) is -0.473. The molecule has 16 heavy (non-hydrogen) atoms. The van der Waals surface area contributed by atoms with Crippen molar-refractivity contribution < 1.29 is 5.11 Å². The smallest absolute Gasteiger partial charge is 0.193 e. The lowest BCUT2D eigenvalue weighted by Crippen LogP contribution is -2.24. The van der Waals surface area contributed by atoms with E-state index in [4.69, 9.17) is 10.8 Å². The van der Waals surface area contributed by atoms with E-state index in [0.717, 1.165) is 5.69 Å². The molecule has 1 aromatic carbocycles. The Kier molecular flexibility index (Phi) is 4.31. The first-order valence-corrected chi connectivity index (χ1v) is 5.30. The molecule has 0 amide bonds. The monoisotopic (exact) mass is 221 g/mol. The maximum absolute atomic E-state index is 9.07. The Morgan fingerprint density at radius 3 is 2.44 bits per heavy atom. The Hall–Kier alpha value is -1.55. The third kappa shape index (κ3) is 4.31. The van der Waals surface area contributed by atoms with E-state index in [9.17, 15) is 0 Å². The molecule has 4 nitrogen and oxygen atoms in total. The molecule has 0 saturated heterocycles. The van der Waals surface area contributed by atoms with Gasteiger partial charge < -0.3 is 16.2 Å². The van der Waals surface area contributed by atoms with E-state index in [2.05, 4.69) is 16.4 Å². The van der Waals surface area contributed by atoms with Gasteiger partial charge >= 0.3 is 0 Å². The number of anilines is 1. The molecule has 0 aromatic heterocycles. The maximum atomic E-state index is 9.07. The fourth-order valence-corrected chi connectivity index (χ4v) is 1.46. The molecule has 4 N–H and O–H groups in total. The molecule has 0 heterocycles. The maximum Gasteiger partial charge on any atom is 0.193 e. The highest BCUT2D eigenvalue weighted by Gasteiger charge is 1.98. The molecule has 1 unspecified atom stereocenters. The first kappa shape index (κ1) is 12.5. The normalized spacial score (nSPS) is 13.6. The van der Waals surface area contributed by atoms with Crippen LogP contribution in [-0.4, -0.2) is 23.7 Å². The van der Waals surface area contributed by atoms with E-state index in [0.29, 0.717) is 12.5 Å². The summed E-state index contributed by atoms with van der Waals surface area (Å²) >= 11 is 0. The Bertz CT molecular complexity index is 366. The second kappa shape index (κ2) is 5.51. The highest BCUT2D eigenvalue weighted by Crippen LogP contribution is 2.13. The Balaban J connectivity index is 2.69. The molecule has 1 rings (SSSR count). The van der Waals surface area contributed by atoms with Gasteiger partial charge in [0.25, 0.3) is 0 Å². The molecule has 4 heteroatoms. The zero-order valence-electron chi connectivity index (χ0n) is 9.99. The number of nitrogens with one attached hydrogen (secondary N) is 1. The first-order chi connectivity index (χ1) is 7.47. The molecular formula is C12H19N3O. The van der Waals surface area contributed by atoms with Gasteiger partial charge in [0.1, 0.15) is 0 Å². The average molecular weight is 221 g/mol. The number of hydrogen-bond donors (Lipinski definition) is 3. The van der Waals surface area contributed by atoms with Crippen molar-refractivity contribution in [1.29, 1.82) is 0 Å². The number of benzene rings is 1. The van der Waals surface area contributed by atoms with Crippen molar-refractivity contribution in [3.8, 4) is 0 Å². The van der Waals surface area contributed by atoms with Gasteiger partial charge in [0, 0.05) is 5.69 Å². The van der Waals surface area contributed by atoms with Crippen LogP contribution in [0.15, 0.2) is 23.2 Å². The predicted molar refractivity (Wildman–Crippen MR) is 67.7 cm³/mol. The molecule has 1 aromatic rings. The van der Waals surface area contributed by atoms with Crippen LogP contribution in [0.25, 0.3) is 0 Å². The second-order valence-electron chi connectivity index (χ2n) is 4.08. The van der Waals surface area contributed by atoms with E-state index in [1.807, 2.05) is 26.0 Å². The second-order valence-corrected chi connectivity index (χ2v) is 4.08. The van der Waals surface area contributed by atoms with Crippen LogP contribution in [0.1, 0.15) is 18.1 Å². The van der Waals surface area contributed by atoms with E-state index < -0.39 is 6.10 Å². The van der Waals surface area contributed by atoms with Crippen molar-refractivity contribution in [2.45, 2.75) is 26.9 Å². The molecule has 0 bridgehead atoms. The number of aliphatic hydroxyl groups is 1. The predicted octanol–water partition coefficient (Wildman–Crippen LogP) is 1.41. The van der Waals surface area contributed by atoms with Crippen LogP contribution in [0.2, 0.25) is 0 Å². The van der Waals surface area contributed by atoms with E-state index >= 15 is 0 Å². The Morgan fingerprint density at radius 1 is 1.38 bits per heavy atom. The number of guanidine groups is 1. The van der Waals surface area contributed by atoms with Crippen molar-refractivity contribution in [1.82, 2.24) is 0 Å². The van der Waals surface area contributed by atoms with Crippen LogP contribution >= 0.6 is 0 Å². The van der Waals surface area contributed by atoms with Gasteiger partial charge in [0.05, 0.1) is 12.6 Å². The fraction of sp³-hybridized carbons (Fsp3) is 0.417. The number of aryl methyl sites for hydroxylation is 2. The zero-order chi connectivity index (χ0) is 12.1. The number of nitrogens with two attached hydrogens (primary N) is 1. The van der Waals surface area contributed by atoms with E-state index in [1.54, 1.807) is 6.92 Å². The van der Waals surface area contributed by atoms with Crippen molar-refractivity contribution >= 4 is 11.6 Å². The molecule has 0 aliphatic heterocycles. The van der Waals surface area contributed by atoms with Crippen LogP contribution in [0.5, 0.6) is 0 Å². The molecule has 0 saturated carbocycles. The van der Waals surface area contributed by atoms with Gasteiger partial charge in [-0.1, -0.05) is 6.07 Å². The number of aliphatic hydroxyl groups excluding tert-OH is 1. The topological polar surface area (TPSA) is 70.6 Å². The number of aliphatic imine (C=N–C) groups is 1. The minimum absolute atomic E-state index is 0.309. The SMILES string of the molecule is Cc1cc(C)cc(NC(N)=NCC(C)O)c1. The third-order valence-corrected chi connectivity index (χ3v) is 2.02. The highest BCUT2D eigenvalue weighted by atomic mass is 16.3. The number of nitrogens with zero attached hydrogens (tertiary/aromatic N) is 1. The largest absolute Gasteiger partial charge is 0.391 e. The van der Waals surface area contributed by atoms with Crippen molar-refractivity contribution in [2.75, 3.05) is 11.9 Å². The van der Waals surface area contributed by atoms with Crippen LogP contribution < -0.4 is 11.1 Å². The van der Waals surface area contributed by atoms with Gasteiger partial charge in [-0.25, -0.2) is 0 Å². The lowest BCUT2D eigenvalue weighted by molar-refractivity contribution is 0.204. The Labute approximate surface area is 96.2 Å². The zero-order valence-corrected chi connectivity index (χ0v) is 9.99. The van der Waals surface area contributed by atoms with E-state index in [1.165, 1.54) is 11.1 Å². The van der Waals surface area contributed by atoms with Crippen LogP contribution in [0.4, 0.5) is 5.69 Å². The fourth-order valence-electron chi connectivity index (χ4n) is 1.46. The van der Waals surface area contributed by atoms with Gasteiger partial charge in [0.2, 0.25) is 0 Å². The minimum Gasteiger partial charge on any atom is -0.391 e. The first-order valence-electron chi connectivity index (χ1n) is 5.30. The minimum atomic E-state index is -0.473. The summed E-state index contributed by atoms with van der Waals surface area (Å²) in [7, 11) is 0. The molecule has 0 radical (unpaired) electrons. The van der Waals surface area contributed by atoms with Gasteiger partial charge in [-0.2, -0.15) is 0 Å². The van der Waals surface area contributed by atoms with Crippen LogP contribution in [-0.2, 0) is 0 Å². The molecule has 0 fully saturated rings. The molecule has 1 atom stereocenters. The summed E-state index contributed by atoms with van der Waals surface area (Å²) in [5.74, 6) is 0.325. The van der Waals surface area contributed by atoms with Crippen molar-refractivity contribution in [3.05, 3.63) is 29.3 Å². The summed E-state index contributed by atoms with van der Waals surface area (Å²) in [6.45, 7) is 6.04.